The summed E-state index contributed by atoms with van der Waals surface area (Å²) in [5.74, 6) is -1.10. The van der Waals surface area contributed by atoms with Crippen molar-refractivity contribution in [3.05, 3.63) is 28.8 Å². The smallest absolute Gasteiger partial charge is 0.310 e. The topological polar surface area (TPSA) is 281 Å². The van der Waals surface area contributed by atoms with Gasteiger partial charge in [-0.25, -0.2) is 4.98 Å². The summed E-state index contributed by atoms with van der Waals surface area (Å²) < 4.78 is 6.85. The third kappa shape index (κ3) is 9.10. The van der Waals surface area contributed by atoms with Crippen molar-refractivity contribution in [2.24, 2.45) is 5.92 Å². The number of H-pyrrole nitrogens is 1. The number of nitrogens with zero attached hydrogens (tertiary/aromatic N) is 3. The van der Waals surface area contributed by atoms with E-state index in [1.807, 2.05) is 0 Å². The van der Waals surface area contributed by atoms with E-state index in [1.54, 1.807) is 19.1 Å². The molecule has 3 rings (SSSR count). The fourth-order valence-electron chi connectivity index (χ4n) is 4.13. The van der Waals surface area contributed by atoms with Crippen LogP contribution < -0.4 is 10.9 Å². The van der Waals surface area contributed by atoms with Crippen LogP contribution in [0.3, 0.4) is 0 Å². The Morgan fingerprint density at radius 2 is 1.90 bits per heavy atom. The zero-order chi connectivity index (χ0) is 31.4. The lowest BCUT2D eigenvalue weighted by atomic mass is 10.0. The summed E-state index contributed by atoms with van der Waals surface area (Å²) in [6.45, 7) is 1.15. The number of hydrogen-bond donors (Lipinski definition) is 10. The number of anilines is 1. The van der Waals surface area contributed by atoms with Crippen molar-refractivity contribution in [3.63, 3.8) is 0 Å². The van der Waals surface area contributed by atoms with Crippen molar-refractivity contribution in [1.82, 2.24) is 19.5 Å². The lowest BCUT2D eigenvalue weighted by Gasteiger charge is -2.16. The Labute approximate surface area is 239 Å². The molecule has 2 aromatic heterocycles. The van der Waals surface area contributed by atoms with Crippen LogP contribution in [0.4, 0.5) is 5.95 Å². The van der Waals surface area contributed by atoms with Gasteiger partial charge >= 0.3 is 5.97 Å². The van der Waals surface area contributed by atoms with Gasteiger partial charge in [0.1, 0.15) is 36.6 Å². The van der Waals surface area contributed by atoms with Crippen molar-refractivity contribution < 1.29 is 55.2 Å². The first-order valence-corrected chi connectivity index (χ1v) is 13.3. The molecule has 0 amide bonds. The Morgan fingerprint density at radius 1 is 1.19 bits per heavy atom. The summed E-state index contributed by atoms with van der Waals surface area (Å²) in [6.07, 6.45) is -1.66. The van der Waals surface area contributed by atoms with Gasteiger partial charge in [0.25, 0.3) is 5.56 Å². The van der Waals surface area contributed by atoms with Crippen LogP contribution in [0, 0.1) is 5.92 Å². The molecule has 236 valence electrons. The maximum absolute atomic E-state index is 12.4. The van der Waals surface area contributed by atoms with Crippen molar-refractivity contribution in [2.75, 3.05) is 25.1 Å². The molecule has 0 spiro atoms. The first-order valence-electron chi connectivity index (χ1n) is 13.3. The Morgan fingerprint density at radius 3 is 2.48 bits per heavy atom. The number of aliphatic carboxylic acids is 1. The van der Waals surface area contributed by atoms with Gasteiger partial charge in [0.15, 0.2) is 23.7 Å². The number of unbranched alkanes of at least 4 members (excludes halogenated alkanes) is 2. The molecule has 1 aliphatic rings. The number of carboxylic acids is 1. The Bertz CT molecular complexity index is 1220. The van der Waals surface area contributed by atoms with E-state index >= 15 is 0 Å². The van der Waals surface area contributed by atoms with Gasteiger partial charge in [-0.1, -0.05) is 25.0 Å². The highest BCUT2D eigenvalue weighted by Gasteiger charge is 2.44. The zero-order valence-electron chi connectivity index (χ0n) is 22.9. The Kier molecular flexibility index (Phi) is 14.1. The number of ether oxygens (including phenoxy) is 1. The Balaban J connectivity index is 0.000000528. The number of carboxylic acid groups (broad SMARTS) is 1. The van der Waals surface area contributed by atoms with Gasteiger partial charge in [0.05, 0.1) is 25.5 Å². The van der Waals surface area contributed by atoms with E-state index in [9.17, 15) is 29.7 Å². The molecule has 17 heteroatoms. The van der Waals surface area contributed by atoms with Gasteiger partial charge in [0.2, 0.25) is 5.95 Å². The van der Waals surface area contributed by atoms with Crippen molar-refractivity contribution >= 4 is 29.4 Å². The van der Waals surface area contributed by atoms with E-state index in [-0.39, 0.29) is 23.4 Å². The molecule has 1 fully saturated rings. The fourth-order valence-corrected chi connectivity index (χ4v) is 4.13. The normalized spacial score (nSPS) is 23.2. The quantitative estimate of drug-likeness (QED) is 0.0562. The molecule has 17 nitrogen and oxygen atoms in total. The molecule has 1 unspecified atom stereocenters. The predicted octanol–water partition coefficient (Wildman–Crippen LogP) is -2.76. The number of hydrogen-bond acceptors (Lipinski definition) is 14. The van der Waals surface area contributed by atoms with Gasteiger partial charge in [-0.05, 0) is 19.8 Å². The summed E-state index contributed by atoms with van der Waals surface area (Å²) in [6, 6.07) is 0. The number of rotatable bonds is 15. The summed E-state index contributed by atoms with van der Waals surface area (Å²) >= 11 is 0. The predicted molar refractivity (Wildman–Crippen MR) is 145 cm³/mol. The van der Waals surface area contributed by atoms with Gasteiger partial charge in [-0.15, -0.1) is 0 Å². The molecular formula is C25H39N5O12. The molecule has 0 bridgehead atoms. The van der Waals surface area contributed by atoms with Crippen LogP contribution in [0.15, 0.2) is 23.3 Å². The lowest BCUT2D eigenvalue weighted by molar-refractivity contribution is -0.140. The molecule has 3 heterocycles. The molecule has 0 radical (unpaired) electrons. The minimum Gasteiger partial charge on any atom is -0.481 e. The molecule has 0 saturated carbocycles. The molecular weight excluding hydrogens is 562 g/mol. The van der Waals surface area contributed by atoms with Crippen LogP contribution in [0.5, 0.6) is 0 Å². The number of carbonyl (C=O) groups excluding carboxylic acids is 1. The van der Waals surface area contributed by atoms with E-state index in [1.165, 1.54) is 10.9 Å². The van der Waals surface area contributed by atoms with Gasteiger partial charge in [0, 0.05) is 6.54 Å². The monoisotopic (exact) mass is 601 g/mol. The number of aldehydes is 1. The SMILES string of the molecule is C/C=C/C(CCCCCNc1nc2c(ncn2[C@@H]2O[C@H](CO)[C@@H](O)[C@H]2O)c(=O)[nH]1)C(=O)O.O=C[C@H](O)[C@H](O)[C@H](O)CO. The first-order chi connectivity index (χ1) is 20.0. The van der Waals surface area contributed by atoms with E-state index in [0.717, 1.165) is 19.3 Å². The van der Waals surface area contributed by atoms with Gasteiger partial charge in [-0.3, -0.25) is 19.1 Å². The number of fused-ring (bicyclic) bond motifs is 1. The highest BCUT2D eigenvalue weighted by Crippen LogP contribution is 2.30. The number of aromatic nitrogens is 4. The van der Waals surface area contributed by atoms with Crippen molar-refractivity contribution in [2.45, 2.75) is 75.5 Å². The van der Waals surface area contributed by atoms with E-state index < -0.39 is 73.5 Å². The molecule has 10 N–H and O–H groups in total. The first kappa shape index (κ1) is 34.9. The van der Waals surface area contributed by atoms with E-state index in [4.69, 9.17) is 30.3 Å². The summed E-state index contributed by atoms with van der Waals surface area (Å²) in [5.41, 5.74) is -0.252. The van der Waals surface area contributed by atoms with Gasteiger partial charge in [-0.2, -0.15) is 4.98 Å². The summed E-state index contributed by atoms with van der Waals surface area (Å²) in [7, 11) is 0. The number of aliphatic hydroxyl groups is 7. The molecule has 1 aliphatic heterocycles. The zero-order valence-corrected chi connectivity index (χ0v) is 22.9. The van der Waals surface area contributed by atoms with Crippen LogP contribution in [0.25, 0.3) is 11.2 Å². The minimum atomic E-state index is -1.64. The van der Waals surface area contributed by atoms with Crippen LogP contribution in [-0.4, -0.2) is 129 Å². The molecule has 0 aliphatic carbocycles. The average molecular weight is 602 g/mol. The largest absolute Gasteiger partial charge is 0.481 e. The van der Waals surface area contributed by atoms with Crippen molar-refractivity contribution in [1.29, 1.82) is 0 Å². The van der Waals surface area contributed by atoms with E-state index in [2.05, 4.69) is 20.3 Å². The van der Waals surface area contributed by atoms with Crippen LogP contribution in [-0.2, 0) is 14.3 Å². The summed E-state index contributed by atoms with van der Waals surface area (Å²) in [4.78, 5) is 44.3. The van der Waals surface area contributed by atoms with E-state index in [0.29, 0.717) is 13.0 Å². The maximum atomic E-state index is 12.4. The third-order valence-electron chi connectivity index (χ3n) is 6.52. The van der Waals surface area contributed by atoms with Crippen molar-refractivity contribution in [3.8, 4) is 0 Å². The molecule has 8 atom stereocenters. The lowest BCUT2D eigenvalue weighted by Crippen LogP contribution is -2.40. The second-order valence-corrected chi connectivity index (χ2v) is 9.58. The molecule has 1 saturated heterocycles. The number of carbonyl (C=O) groups is 2. The fraction of sp³-hybridized carbons (Fsp3) is 0.640. The third-order valence-corrected chi connectivity index (χ3v) is 6.52. The second-order valence-electron chi connectivity index (χ2n) is 9.58. The van der Waals surface area contributed by atoms with Crippen LogP contribution in [0.1, 0.15) is 38.8 Å². The number of aliphatic hydroxyl groups excluding tert-OH is 7. The molecule has 0 aromatic carbocycles. The second kappa shape index (κ2) is 17.0. The number of imidazole rings is 1. The van der Waals surface area contributed by atoms with Crippen LogP contribution in [0.2, 0.25) is 0 Å². The van der Waals surface area contributed by atoms with Gasteiger partial charge < -0.3 is 55.7 Å². The number of nitrogens with one attached hydrogen (secondary N) is 2. The highest BCUT2D eigenvalue weighted by atomic mass is 16.6. The molecule has 42 heavy (non-hydrogen) atoms. The average Bonchev–Trinajstić information content (AvgIpc) is 3.53. The minimum absolute atomic E-state index is 0.0528. The summed E-state index contributed by atoms with van der Waals surface area (Å²) in [5, 5.41) is 75.8. The number of aromatic amines is 1. The maximum Gasteiger partial charge on any atom is 0.310 e. The molecule has 2 aromatic rings. The number of allylic oxidation sites excluding steroid dienone is 1. The highest BCUT2D eigenvalue weighted by molar-refractivity contribution is 5.72. The standard InChI is InChI=1S/C20H29N5O7.C5H10O5/c1-2-6-11(19(30)31)7-4-3-5-8-21-20-23-16-13(17(29)24-20)22-10-25(16)18-15(28)14(27)12(9-26)32-18;6-1-3(8)5(10)4(9)2-7/h2,6,10-12,14-15,18,26-28H,3-5,7-9H2,1H3,(H,30,31)(H2,21,23,24,29);1,3-5,7-10H,2H2/b6-2+;/t11?,12-,14-,15-,18-;3-,4+,5-/m10/s1. The van der Waals surface area contributed by atoms with Crippen LogP contribution >= 0.6 is 0 Å². The Hall–Kier alpha value is -3.29.